The lowest BCUT2D eigenvalue weighted by molar-refractivity contribution is -0.157. The molecule has 0 saturated heterocycles. The van der Waals surface area contributed by atoms with Gasteiger partial charge in [-0.25, -0.2) is 0 Å². The fraction of sp³-hybridized carbons (Fsp3) is 0.696. The Hall–Kier alpha value is -1.31. The Morgan fingerprint density at radius 2 is 1.52 bits per heavy atom. The minimum Gasteiger partial charge on any atom is -0.469 e. The van der Waals surface area contributed by atoms with E-state index in [0.29, 0.717) is 5.92 Å². The highest BCUT2D eigenvalue weighted by molar-refractivity contribution is 5.76. The average molecular weight is 347 g/mol. The summed E-state index contributed by atoms with van der Waals surface area (Å²) in [6.45, 7) is 17.7. The monoisotopic (exact) mass is 346 g/mol. The van der Waals surface area contributed by atoms with Crippen LogP contribution in [0, 0.1) is 22.2 Å². The van der Waals surface area contributed by atoms with E-state index in [-0.39, 0.29) is 22.7 Å². The molecule has 0 aliphatic carbocycles. The predicted molar refractivity (Wildman–Crippen MR) is 107 cm³/mol. The molecule has 0 aliphatic rings. The molecule has 3 unspecified atom stereocenters. The average Bonchev–Trinajstić information content (AvgIpc) is 2.49. The van der Waals surface area contributed by atoms with Gasteiger partial charge < -0.3 is 4.74 Å². The Morgan fingerprint density at radius 3 is 1.92 bits per heavy atom. The van der Waals surface area contributed by atoms with Crippen LogP contribution in [0.5, 0.6) is 0 Å². The molecule has 0 heterocycles. The molecule has 0 fully saturated rings. The highest BCUT2D eigenvalue weighted by atomic mass is 16.5. The van der Waals surface area contributed by atoms with Gasteiger partial charge in [0.25, 0.3) is 0 Å². The number of carbonyl (C=O) groups is 1. The van der Waals surface area contributed by atoms with Crippen LogP contribution in [0.15, 0.2) is 30.3 Å². The van der Waals surface area contributed by atoms with Crippen LogP contribution >= 0.6 is 0 Å². The number of hydrogen-bond donors (Lipinski definition) is 0. The smallest absolute Gasteiger partial charge is 0.311 e. The second-order valence-corrected chi connectivity index (χ2v) is 10.1. The van der Waals surface area contributed by atoms with Crippen LogP contribution in [-0.2, 0) is 9.53 Å². The van der Waals surface area contributed by atoms with Crippen LogP contribution in [0.1, 0.15) is 79.7 Å². The molecular formula is C23H38O2. The van der Waals surface area contributed by atoms with Gasteiger partial charge in [-0.05, 0) is 48.0 Å². The van der Waals surface area contributed by atoms with Gasteiger partial charge in [-0.2, -0.15) is 0 Å². The Morgan fingerprint density at radius 1 is 1.00 bits per heavy atom. The second-order valence-electron chi connectivity index (χ2n) is 10.1. The molecule has 0 saturated carbocycles. The van der Waals surface area contributed by atoms with Gasteiger partial charge in [-0.1, -0.05) is 78.8 Å². The van der Waals surface area contributed by atoms with Gasteiger partial charge in [0.15, 0.2) is 0 Å². The summed E-state index contributed by atoms with van der Waals surface area (Å²) in [5, 5.41) is 0. The first-order chi connectivity index (χ1) is 11.3. The summed E-state index contributed by atoms with van der Waals surface area (Å²) in [6.07, 6.45) is 1.79. The summed E-state index contributed by atoms with van der Waals surface area (Å²) < 4.78 is 5.22. The van der Waals surface area contributed by atoms with E-state index in [9.17, 15) is 4.79 Å². The summed E-state index contributed by atoms with van der Waals surface area (Å²) in [5.74, 6) is 0.534. The molecule has 0 aliphatic heterocycles. The van der Waals surface area contributed by atoms with Gasteiger partial charge in [0, 0.05) is 0 Å². The second kappa shape index (κ2) is 7.93. The lowest BCUT2D eigenvalue weighted by Gasteiger charge is -2.41. The van der Waals surface area contributed by atoms with Crippen molar-refractivity contribution in [1.29, 1.82) is 0 Å². The zero-order valence-corrected chi connectivity index (χ0v) is 17.8. The molecule has 2 heteroatoms. The highest BCUT2D eigenvalue weighted by Gasteiger charge is 2.44. The zero-order valence-electron chi connectivity index (χ0n) is 17.8. The van der Waals surface area contributed by atoms with Crippen molar-refractivity contribution < 1.29 is 9.53 Å². The van der Waals surface area contributed by atoms with Crippen molar-refractivity contribution in [2.75, 3.05) is 7.11 Å². The predicted octanol–water partition coefficient (Wildman–Crippen LogP) is 6.46. The Balaban J connectivity index is 3.18. The van der Waals surface area contributed by atoms with Crippen molar-refractivity contribution in [2.45, 2.75) is 74.1 Å². The largest absolute Gasteiger partial charge is 0.469 e. The van der Waals surface area contributed by atoms with E-state index in [1.54, 1.807) is 0 Å². The molecule has 142 valence electrons. The first kappa shape index (κ1) is 21.7. The van der Waals surface area contributed by atoms with E-state index in [2.05, 4.69) is 85.7 Å². The highest BCUT2D eigenvalue weighted by Crippen LogP contribution is 2.47. The third-order valence-corrected chi connectivity index (χ3v) is 5.47. The first-order valence-corrected chi connectivity index (χ1v) is 9.44. The topological polar surface area (TPSA) is 26.3 Å². The number of carbonyl (C=O) groups excluding carboxylic acids is 1. The normalized spacial score (nSPS) is 17.5. The van der Waals surface area contributed by atoms with Crippen LogP contribution in [0.25, 0.3) is 0 Å². The fourth-order valence-corrected chi connectivity index (χ4v) is 4.07. The van der Waals surface area contributed by atoms with Crippen LogP contribution in [0.4, 0.5) is 0 Å². The number of ether oxygens (including phenoxy) is 1. The molecule has 0 N–H and O–H groups in total. The van der Waals surface area contributed by atoms with Crippen molar-refractivity contribution >= 4 is 5.97 Å². The van der Waals surface area contributed by atoms with E-state index >= 15 is 0 Å². The van der Waals surface area contributed by atoms with Crippen LogP contribution in [-0.4, -0.2) is 13.1 Å². The molecule has 0 spiro atoms. The van der Waals surface area contributed by atoms with Gasteiger partial charge in [-0.3, -0.25) is 4.79 Å². The molecule has 1 aromatic rings. The van der Waals surface area contributed by atoms with Crippen molar-refractivity contribution in [3.05, 3.63) is 35.9 Å². The lowest BCUT2D eigenvalue weighted by atomic mass is 9.63. The third kappa shape index (κ3) is 5.87. The van der Waals surface area contributed by atoms with Crippen molar-refractivity contribution in [3.63, 3.8) is 0 Å². The molecule has 3 atom stereocenters. The van der Waals surface area contributed by atoms with Crippen molar-refractivity contribution in [1.82, 2.24) is 0 Å². The Bertz CT molecular complexity index is 548. The third-order valence-electron chi connectivity index (χ3n) is 5.47. The molecule has 0 aromatic heterocycles. The van der Waals surface area contributed by atoms with Crippen LogP contribution in [0.3, 0.4) is 0 Å². The van der Waals surface area contributed by atoms with E-state index in [0.717, 1.165) is 12.8 Å². The minimum absolute atomic E-state index is 0.0706. The summed E-state index contributed by atoms with van der Waals surface area (Å²) in [4.78, 5) is 12.7. The standard InChI is InChI=1S/C23H38O2/c1-17(23(8,20(24)25-9)16-21(2,3)4)15-19(22(5,6)7)18-13-11-10-12-14-18/h10-14,17,19H,15-16H2,1-9H3. The van der Waals surface area contributed by atoms with Gasteiger partial charge in [0.05, 0.1) is 12.5 Å². The molecule has 2 nitrogen and oxygen atoms in total. The summed E-state index contributed by atoms with van der Waals surface area (Å²) in [7, 11) is 1.51. The Kier molecular flexibility index (Phi) is 6.89. The first-order valence-electron chi connectivity index (χ1n) is 9.44. The van der Waals surface area contributed by atoms with E-state index < -0.39 is 5.41 Å². The molecule has 1 rings (SSSR count). The maximum absolute atomic E-state index is 12.7. The maximum atomic E-state index is 12.7. The molecule has 0 radical (unpaired) electrons. The number of esters is 1. The SMILES string of the molecule is COC(=O)C(C)(CC(C)(C)C)C(C)CC(c1ccccc1)C(C)(C)C. The van der Waals surface area contributed by atoms with Gasteiger partial charge in [0.2, 0.25) is 0 Å². The van der Waals surface area contributed by atoms with Gasteiger partial charge in [0.1, 0.15) is 0 Å². The quantitative estimate of drug-likeness (QED) is 0.553. The molecule has 0 bridgehead atoms. The number of hydrogen-bond acceptors (Lipinski definition) is 2. The Labute approximate surface area is 155 Å². The minimum atomic E-state index is -0.481. The van der Waals surface area contributed by atoms with E-state index in [1.807, 2.05) is 0 Å². The van der Waals surface area contributed by atoms with Crippen molar-refractivity contribution in [2.24, 2.45) is 22.2 Å². The maximum Gasteiger partial charge on any atom is 0.311 e. The zero-order chi connectivity index (χ0) is 19.5. The number of methoxy groups -OCH3 is 1. The molecule has 25 heavy (non-hydrogen) atoms. The van der Waals surface area contributed by atoms with E-state index in [1.165, 1.54) is 12.7 Å². The van der Waals surface area contributed by atoms with Crippen LogP contribution < -0.4 is 0 Å². The number of rotatable bonds is 6. The lowest BCUT2D eigenvalue weighted by Crippen LogP contribution is -2.40. The summed E-state index contributed by atoms with van der Waals surface area (Å²) >= 11 is 0. The molecule has 0 amide bonds. The van der Waals surface area contributed by atoms with Crippen molar-refractivity contribution in [3.8, 4) is 0 Å². The van der Waals surface area contributed by atoms with Gasteiger partial charge >= 0.3 is 5.97 Å². The van der Waals surface area contributed by atoms with Gasteiger partial charge in [-0.15, -0.1) is 0 Å². The van der Waals surface area contributed by atoms with E-state index in [4.69, 9.17) is 4.74 Å². The van der Waals surface area contributed by atoms with Crippen LogP contribution in [0.2, 0.25) is 0 Å². The molecular weight excluding hydrogens is 308 g/mol. The summed E-state index contributed by atoms with van der Waals surface area (Å²) in [6, 6.07) is 10.7. The number of benzene rings is 1. The molecule has 1 aromatic carbocycles. The fourth-order valence-electron chi connectivity index (χ4n) is 4.07. The summed E-state index contributed by atoms with van der Waals surface area (Å²) in [5.41, 5.74) is 1.07.